The highest BCUT2D eigenvalue weighted by Gasteiger charge is 2.23. The second-order valence-corrected chi connectivity index (χ2v) is 6.42. The van der Waals surface area contributed by atoms with Gasteiger partial charge in [0.2, 0.25) is 0 Å². The standard InChI is InChI=1S/C15H19N3O2S/c1-11-14(16-10-20-11)15(19)17-12-4-2-6-18(8-12)9-13-5-3-7-21-13/h3,5,7,10,12H,2,4,6,8-9H2,1H3,(H,17,19)/t12-/m0/s1. The van der Waals surface area contributed by atoms with Gasteiger partial charge in [0.25, 0.3) is 5.91 Å². The molecular weight excluding hydrogens is 286 g/mol. The number of hydrogen-bond acceptors (Lipinski definition) is 5. The molecule has 1 fully saturated rings. The van der Waals surface area contributed by atoms with Crippen molar-refractivity contribution in [1.29, 1.82) is 0 Å². The Labute approximate surface area is 128 Å². The molecule has 1 atom stereocenters. The van der Waals surface area contributed by atoms with Gasteiger partial charge < -0.3 is 9.73 Å². The molecular formula is C15H19N3O2S. The minimum atomic E-state index is -0.135. The summed E-state index contributed by atoms with van der Waals surface area (Å²) in [7, 11) is 0. The third kappa shape index (κ3) is 3.51. The lowest BCUT2D eigenvalue weighted by Gasteiger charge is -2.32. The van der Waals surface area contributed by atoms with Crippen LogP contribution in [0.1, 0.15) is 34.0 Å². The Morgan fingerprint density at radius 3 is 3.24 bits per heavy atom. The van der Waals surface area contributed by atoms with Crippen LogP contribution in [0.2, 0.25) is 0 Å². The van der Waals surface area contributed by atoms with Gasteiger partial charge in [0.1, 0.15) is 5.76 Å². The van der Waals surface area contributed by atoms with E-state index in [-0.39, 0.29) is 11.9 Å². The van der Waals surface area contributed by atoms with E-state index in [0.717, 1.165) is 32.5 Å². The van der Waals surface area contributed by atoms with Gasteiger partial charge in [0.05, 0.1) is 0 Å². The summed E-state index contributed by atoms with van der Waals surface area (Å²) in [6, 6.07) is 4.42. The lowest BCUT2D eigenvalue weighted by molar-refractivity contribution is 0.0895. The van der Waals surface area contributed by atoms with E-state index >= 15 is 0 Å². The van der Waals surface area contributed by atoms with Gasteiger partial charge in [0, 0.05) is 24.0 Å². The van der Waals surface area contributed by atoms with Crippen molar-refractivity contribution >= 4 is 17.2 Å². The highest BCUT2D eigenvalue weighted by molar-refractivity contribution is 7.09. The number of thiophene rings is 1. The maximum Gasteiger partial charge on any atom is 0.273 e. The van der Waals surface area contributed by atoms with Crippen molar-refractivity contribution in [1.82, 2.24) is 15.2 Å². The summed E-state index contributed by atoms with van der Waals surface area (Å²) in [5.74, 6) is 0.433. The number of aromatic nitrogens is 1. The van der Waals surface area contributed by atoms with E-state index in [4.69, 9.17) is 4.42 Å². The van der Waals surface area contributed by atoms with Crippen LogP contribution in [-0.4, -0.2) is 34.9 Å². The summed E-state index contributed by atoms with van der Waals surface area (Å²) in [5, 5.41) is 5.18. The summed E-state index contributed by atoms with van der Waals surface area (Å²) >= 11 is 1.78. The number of nitrogens with one attached hydrogen (secondary N) is 1. The van der Waals surface area contributed by atoms with Crippen LogP contribution >= 0.6 is 11.3 Å². The van der Waals surface area contributed by atoms with E-state index in [2.05, 4.69) is 32.7 Å². The molecule has 1 saturated heterocycles. The molecule has 0 saturated carbocycles. The second kappa shape index (κ2) is 6.41. The molecule has 1 amide bonds. The van der Waals surface area contributed by atoms with Crippen LogP contribution < -0.4 is 5.32 Å². The molecule has 3 heterocycles. The van der Waals surface area contributed by atoms with Gasteiger partial charge in [-0.2, -0.15) is 0 Å². The number of rotatable bonds is 4. The lowest BCUT2D eigenvalue weighted by Crippen LogP contribution is -2.47. The zero-order valence-electron chi connectivity index (χ0n) is 12.0. The minimum absolute atomic E-state index is 0.135. The van der Waals surface area contributed by atoms with Crippen molar-refractivity contribution in [3.8, 4) is 0 Å². The Kier molecular flexibility index (Phi) is 4.36. The molecule has 0 spiro atoms. The van der Waals surface area contributed by atoms with Crippen molar-refractivity contribution in [3.05, 3.63) is 40.2 Å². The number of nitrogens with zero attached hydrogens (tertiary/aromatic N) is 2. The number of aryl methyl sites for hydroxylation is 1. The van der Waals surface area contributed by atoms with E-state index in [1.165, 1.54) is 11.3 Å². The van der Waals surface area contributed by atoms with E-state index in [1.807, 2.05) is 0 Å². The Morgan fingerprint density at radius 1 is 1.62 bits per heavy atom. The van der Waals surface area contributed by atoms with Gasteiger partial charge in [-0.05, 0) is 37.8 Å². The van der Waals surface area contributed by atoms with Crippen LogP contribution in [-0.2, 0) is 6.54 Å². The summed E-state index contributed by atoms with van der Waals surface area (Å²) in [6.07, 6.45) is 3.44. The van der Waals surface area contributed by atoms with E-state index in [9.17, 15) is 4.79 Å². The molecule has 21 heavy (non-hydrogen) atoms. The summed E-state index contributed by atoms with van der Waals surface area (Å²) in [4.78, 5) is 19.9. The van der Waals surface area contributed by atoms with E-state index < -0.39 is 0 Å². The Hall–Kier alpha value is -1.66. The van der Waals surface area contributed by atoms with Crippen LogP contribution in [0.25, 0.3) is 0 Å². The molecule has 2 aromatic rings. The van der Waals surface area contributed by atoms with Gasteiger partial charge >= 0.3 is 0 Å². The van der Waals surface area contributed by atoms with Crippen molar-refractivity contribution < 1.29 is 9.21 Å². The predicted molar refractivity (Wildman–Crippen MR) is 81.3 cm³/mol. The van der Waals surface area contributed by atoms with E-state index in [0.29, 0.717) is 11.5 Å². The van der Waals surface area contributed by atoms with Crippen LogP contribution in [0.5, 0.6) is 0 Å². The van der Waals surface area contributed by atoms with Crippen molar-refractivity contribution in [2.75, 3.05) is 13.1 Å². The lowest BCUT2D eigenvalue weighted by atomic mass is 10.1. The Bertz CT molecular complexity index is 594. The third-order valence-corrected chi connectivity index (χ3v) is 4.62. The molecule has 0 radical (unpaired) electrons. The van der Waals surface area contributed by atoms with Crippen LogP contribution in [0.15, 0.2) is 28.3 Å². The molecule has 1 N–H and O–H groups in total. The van der Waals surface area contributed by atoms with Crippen LogP contribution in [0.3, 0.4) is 0 Å². The molecule has 2 aromatic heterocycles. The Morgan fingerprint density at radius 2 is 2.52 bits per heavy atom. The molecule has 1 aliphatic heterocycles. The normalized spacial score (nSPS) is 19.6. The molecule has 112 valence electrons. The SMILES string of the molecule is Cc1ocnc1C(=O)N[C@H]1CCCN(Cc2cccs2)C1. The summed E-state index contributed by atoms with van der Waals surface area (Å²) < 4.78 is 5.09. The average Bonchev–Trinajstić information content (AvgIpc) is 3.10. The summed E-state index contributed by atoms with van der Waals surface area (Å²) in [6.45, 7) is 4.70. The number of piperidine rings is 1. The number of carbonyl (C=O) groups excluding carboxylic acids is 1. The number of carbonyl (C=O) groups is 1. The fourth-order valence-corrected chi connectivity index (χ4v) is 3.46. The zero-order valence-corrected chi connectivity index (χ0v) is 12.9. The molecule has 1 aliphatic rings. The first kappa shape index (κ1) is 14.3. The molecule has 5 nitrogen and oxygen atoms in total. The number of amides is 1. The molecule has 0 bridgehead atoms. The smallest absolute Gasteiger partial charge is 0.273 e. The van der Waals surface area contributed by atoms with Crippen molar-refractivity contribution in [2.24, 2.45) is 0 Å². The maximum absolute atomic E-state index is 12.2. The second-order valence-electron chi connectivity index (χ2n) is 5.38. The quantitative estimate of drug-likeness (QED) is 0.942. The molecule has 0 aliphatic carbocycles. The minimum Gasteiger partial charge on any atom is -0.448 e. The third-order valence-electron chi connectivity index (χ3n) is 3.76. The molecule has 3 rings (SSSR count). The van der Waals surface area contributed by atoms with E-state index in [1.54, 1.807) is 18.3 Å². The van der Waals surface area contributed by atoms with Crippen molar-refractivity contribution in [3.63, 3.8) is 0 Å². The van der Waals surface area contributed by atoms with Gasteiger partial charge in [-0.3, -0.25) is 9.69 Å². The number of hydrogen-bond donors (Lipinski definition) is 1. The monoisotopic (exact) mass is 305 g/mol. The first-order valence-corrected chi connectivity index (χ1v) is 8.06. The van der Waals surface area contributed by atoms with Gasteiger partial charge in [0.15, 0.2) is 12.1 Å². The molecule has 6 heteroatoms. The summed E-state index contributed by atoms with van der Waals surface area (Å²) in [5.41, 5.74) is 0.394. The first-order chi connectivity index (χ1) is 10.2. The van der Waals surface area contributed by atoms with Gasteiger partial charge in [-0.15, -0.1) is 11.3 Å². The maximum atomic E-state index is 12.2. The zero-order chi connectivity index (χ0) is 14.7. The topological polar surface area (TPSA) is 58.4 Å². The fraction of sp³-hybridized carbons (Fsp3) is 0.467. The fourth-order valence-electron chi connectivity index (χ4n) is 2.72. The van der Waals surface area contributed by atoms with Crippen LogP contribution in [0, 0.1) is 6.92 Å². The van der Waals surface area contributed by atoms with Crippen LogP contribution in [0.4, 0.5) is 0 Å². The predicted octanol–water partition coefficient (Wildman–Crippen LogP) is 2.44. The number of oxazole rings is 1. The first-order valence-electron chi connectivity index (χ1n) is 7.18. The van der Waals surface area contributed by atoms with Gasteiger partial charge in [-0.1, -0.05) is 6.07 Å². The molecule has 0 aromatic carbocycles. The largest absolute Gasteiger partial charge is 0.448 e. The molecule has 0 unspecified atom stereocenters. The highest BCUT2D eigenvalue weighted by atomic mass is 32.1. The average molecular weight is 305 g/mol. The Balaban J connectivity index is 1.56. The number of likely N-dealkylation sites (tertiary alicyclic amines) is 1. The van der Waals surface area contributed by atoms with Gasteiger partial charge in [-0.25, -0.2) is 4.98 Å². The van der Waals surface area contributed by atoms with Crippen molar-refractivity contribution in [2.45, 2.75) is 32.4 Å². The highest BCUT2D eigenvalue weighted by Crippen LogP contribution is 2.17.